The van der Waals surface area contributed by atoms with Crippen molar-refractivity contribution in [2.45, 2.75) is 94.6 Å². The second kappa shape index (κ2) is 16.9. The lowest BCUT2D eigenvalue weighted by Crippen LogP contribution is -2.69. The molecule has 1 aromatic carbocycles. The minimum absolute atomic E-state index is 0.221. The summed E-state index contributed by atoms with van der Waals surface area (Å²) in [6.07, 6.45) is -11.5. The maximum absolute atomic E-state index is 13.8. The molecule has 8 N–H and O–H groups in total. The van der Waals surface area contributed by atoms with E-state index in [1.165, 1.54) is 22.7 Å². The molecule has 20 heteroatoms. The quantitative estimate of drug-likeness (QED) is 0.127. The predicted octanol–water partition coefficient (Wildman–Crippen LogP) is -1.21. The number of aromatic nitrogens is 3. The molecule has 306 valence electrons. The smallest absolute Gasteiger partial charge is 0.331 e. The Labute approximate surface area is 322 Å². The molecule has 0 spiro atoms. The van der Waals surface area contributed by atoms with Crippen LogP contribution in [0.5, 0.6) is 0 Å². The number of aliphatic hydroxyl groups is 5. The van der Waals surface area contributed by atoms with Crippen molar-refractivity contribution < 1.29 is 58.9 Å². The summed E-state index contributed by atoms with van der Waals surface area (Å²) in [6, 6.07) is 7.37. The molecule has 3 aliphatic rings. The molecule has 3 fully saturated rings. The first-order chi connectivity index (χ1) is 26.6. The van der Waals surface area contributed by atoms with Crippen LogP contribution < -0.4 is 20.9 Å². The lowest BCUT2D eigenvalue weighted by Gasteiger charge is -2.48. The summed E-state index contributed by atoms with van der Waals surface area (Å²) in [6.45, 7) is 7.03. The molecular weight excluding hydrogens is 736 g/mol. The van der Waals surface area contributed by atoms with E-state index in [4.69, 9.17) is 18.9 Å². The van der Waals surface area contributed by atoms with Gasteiger partial charge in [0, 0.05) is 57.7 Å². The zero-order valence-electron chi connectivity index (χ0n) is 31.7. The molecule has 0 aliphatic carbocycles. The van der Waals surface area contributed by atoms with Gasteiger partial charge in [0.2, 0.25) is 5.91 Å². The molecule has 10 atom stereocenters. The highest BCUT2D eigenvalue weighted by molar-refractivity contribution is 5.99. The van der Waals surface area contributed by atoms with Crippen LogP contribution in [-0.4, -0.2) is 170 Å². The van der Waals surface area contributed by atoms with Crippen molar-refractivity contribution in [2.75, 3.05) is 55.4 Å². The normalized spacial score (nSPS) is 29.9. The molecule has 10 unspecified atom stereocenters. The number of anilines is 3. The molecule has 3 saturated heterocycles. The van der Waals surface area contributed by atoms with Gasteiger partial charge < -0.3 is 70.2 Å². The number of nitrogens with one attached hydrogen (secondary N) is 3. The summed E-state index contributed by atoms with van der Waals surface area (Å²) in [4.78, 5) is 50.9. The molecule has 5 heterocycles. The van der Waals surface area contributed by atoms with E-state index in [2.05, 4.69) is 25.9 Å². The summed E-state index contributed by atoms with van der Waals surface area (Å²) in [7, 11) is 1.74. The summed E-state index contributed by atoms with van der Waals surface area (Å²) >= 11 is 0. The van der Waals surface area contributed by atoms with Crippen molar-refractivity contribution in [3.63, 3.8) is 0 Å². The molecule has 56 heavy (non-hydrogen) atoms. The molecule has 0 radical (unpaired) electrons. The fraction of sp³-hybridized carbons (Fsp3) is 0.583. The average molecular weight is 787 g/mol. The van der Waals surface area contributed by atoms with Crippen LogP contribution in [0.3, 0.4) is 0 Å². The average Bonchev–Trinajstić information content (AvgIpc) is 3.61. The van der Waals surface area contributed by atoms with E-state index in [0.29, 0.717) is 35.6 Å². The van der Waals surface area contributed by atoms with E-state index in [-0.39, 0.29) is 13.1 Å². The third-order valence-electron chi connectivity index (χ3n) is 9.81. The molecule has 6 rings (SSSR count). The van der Waals surface area contributed by atoms with E-state index in [1.807, 2.05) is 17.0 Å². The maximum Gasteiger partial charge on any atom is 0.331 e. The largest absolute Gasteiger partial charge is 0.394 e. The Balaban J connectivity index is 1.08. The van der Waals surface area contributed by atoms with Gasteiger partial charge in [0.05, 0.1) is 17.6 Å². The number of nitrogens with zero attached hydrogens (tertiary/aromatic N) is 5. The lowest BCUT2D eigenvalue weighted by molar-refractivity contribution is -0.346. The van der Waals surface area contributed by atoms with Crippen molar-refractivity contribution >= 4 is 46.1 Å². The number of hydrogen-bond donors (Lipinski definition) is 8. The van der Waals surface area contributed by atoms with Crippen LogP contribution in [0, 0.1) is 0 Å². The second-order valence-corrected chi connectivity index (χ2v) is 14.9. The number of carbonyl (C=O) groups is 3. The Kier molecular flexibility index (Phi) is 12.4. The minimum Gasteiger partial charge on any atom is -0.394 e. The first kappa shape index (κ1) is 41.1. The number of amides is 3. The molecule has 3 aromatic rings. The van der Waals surface area contributed by atoms with Gasteiger partial charge in [-0.2, -0.15) is 0 Å². The number of piperazine rings is 1. The van der Waals surface area contributed by atoms with E-state index in [9.17, 15) is 39.9 Å². The van der Waals surface area contributed by atoms with E-state index >= 15 is 0 Å². The second-order valence-electron chi connectivity index (χ2n) is 14.9. The van der Waals surface area contributed by atoms with Crippen LogP contribution in [0.4, 0.5) is 22.0 Å². The molecule has 0 bridgehead atoms. The number of rotatable bonds is 9. The Morgan fingerprint density at radius 1 is 0.911 bits per heavy atom. The van der Waals surface area contributed by atoms with Crippen LogP contribution in [0.1, 0.15) is 27.7 Å². The number of ether oxygens (including phenoxy) is 4. The summed E-state index contributed by atoms with van der Waals surface area (Å²) < 4.78 is 24.9. The molecule has 20 nitrogen and oxygen atoms in total. The first-order valence-electron chi connectivity index (χ1n) is 18.3. The van der Waals surface area contributed by atoms with Crippen molar-refractivity contribution in [3.8, 4) is 0 Å². The molecule has 3 aliphatic heterocycles. The summed E-state index contributed by atoms with van der Waals surface area (Å²) in [5.41, 5.74) is 1.05. The van der Waals surface area contributed by atoms with E-state index in [0.717, 1.165) is 5.69 Å². The van der Waals surface area contributed by atoms with Crippen molar-refractivity contribution in [2.24, 2.45) is 0 Å². The number of benzene rings is 1. The van der Waals surface area contributed by atoms with Gasteiger partial charge in [0.25, 0.3) is 5.91 Å². The van der Waals surface area contributed by atoms with Crippen LogP contribution in [0.2, 0.25) is 0 Å². The van der Waals surface area contributed by atoms with Crippen molar-refractivity contribution in [1.29, 1.82) is 0 Å². The zero-order chi connectivity index (χ0) is 40.5. The fourth-order valence-corrected chi connectivity index (χ4v) is 7.00. The van der Waals surface area contributed by atoms with Crippen LogP contribution in [0.25, 0.3) is 11.0 Å². The van der Waals surface area contributed by atoms with Gasteiger partial charge in [-0.15, -0.1) is 0 Å². The summed E-state index contributed by atoms with van der Waals surface area (Å²) in [5, 5.41) is 62.9. The van der Waals surface area contributed by atoms with E-state index in [1.54, 1.807) is 52.2 Å². The third kappa shape index (κ3) is 8.72. The standard InChI is InChI=1S/C36H50N8O12/c1-18(46)40-23-28(24(47)22(16-45)53-33(23)56-36(2,3)4)54-34-27(50)25(48)26(49)29(55-34)32(51)43-14-12-42(13-15-43)20-8-6-19(7-9-20)41-35(52)44-11-10-21-30(37-5)38-17-39-31(21)44/h6-11,17,22-29,33-34,45,47-50H,12-16H2,1-5H3,(H,40,46)(H,41,52)(H,37,38,39). The van der Waals surface area contributed by atoms with Gasteiger partial charge in [-0.3, -0.25) is 14.2 Å². The highest BCUT2D eigenvalue weighted by atomic mass is 16.7. The van der Waals surface area contributed by atoms with Gasteiger partial charge >= 0.3 is 6.03 Å². The van der Waals surface area contributed by atoms with Gasteiger partial charge in [0.15, 0.2) is 24.3 Å². The zero-order valence-corrected chi connectivity index (χ0v) is 31.7. The number of aliphatic hydroxyl groups excluding tert-OH is 5. The Bertz CT molecular complexity index is 1850. The monoisotopic (exact) mass is 786 g/mol. The first-order valence-corrected chi connectivity index (χ1v) is 18.3. The van der Waals surface area contributed by atoms with Gasteiger partial charge in [-0.25, -0.2) is 14.8 Å². The Morgan fingerprint density at radius 3 is 2.23 bits per heavy atom. The Hall–Kier alpha value is -4.51. The SMILES string of the molecule is CNc1ncnc2c1ccn2C(=O)Nc1ccc(N2CCN(C(=O)C3OC(OC4C(O)C(CO)OC(OC(C)(C)C)C4NC(C)=O)C(O)C(O)C3O)CC2)cc1. The fourth-order valence-electron chi connectivity index (χ4n) is 7.00. The van der Waals surface area contributed by atoms with Crippen LogP contribution in [-0.2, 0) is 28.5 Å². The highest BCUT2D eigenvalue weighted by Crippen LogP contribution is 2.32. The summed E-state index contributed by atoms with van der Waals surface area (Å²) in [5.74, 6) is -0.583. The number of hydrogen-bond acceptors (Lipinski definition) is 16. The van der Waals surface area contributed by atoms with Gasteiger partial charge in [-0.05, 0) is 51.1 Å². The topological polar surface area (TPSA) is 263 Å². The third-order valence-corrected chi connectivity index (χ3v) is 9.81. The van der Waals surface area contributed by atoms with Crippen molar-refractivity contribution in [1.82, 2.24) is 24.8 Å². The Morgan fingerprint density at radius 2 is 1.61 bits per heavy atom. The van der Waals surface area contributed by atoms with Gasteiger partial charge in [-0.1, -0.05) is 0 Å². The molecule has 3 amide bonds. The molecular formula is C36H50N8O12. The van der Waals surface area contributed by atoms with Gasteiger partial charge in [0.1, 0.15) is 54.8 Å². The highest BCUT2D eigenvalue weighted by Gasteiger charge is 2.53. The maximum atomic E-state index is 13.8. The van der Waals surface area contributed by atoms with Crippen molar-refractivity contribution in [3.05, 3.63) is 42.9 Å². The van der Waals surface area contributed by atoms with Crippen LogP contribution >= 0.6 is 0 Å². The van der Waals surface area contributed by atoms with E-state index < -0.39 is 91.4 Å². The number of fused-ring (bicyclic) bond motifs is 1. The molecule has 0 saturated carbocycles. The lowest BCUT2D eigenvalue weighted by atomic mass is 9.94. The molecule has 2 aromatic heterocycles. The van der Waals surface area contributed by atoms with Crippen LogP contribution in [0.15, 0.2) is 42.9 Å². The predicted molar refractivity (Wildman–Crippen MR) is 198 cm³/mol. The number of carbonyl (C=O) groups excluding carboxylic acids is 3. The minimum atomic E-state index is -1.88.